The molecule has 5 atom stereocenters. The van der Waals surface area contributed by atoms with E-state index in [1.54, 1.807) is 0 Å². The number of halogens is 1. The Kier molecular flexibility index (Phi) is 2.09. The molecule has 20 heavy (non-hydrogen) atoms. The molecular weight excluding hydrogens is 295 g/mol. The molecule has 108 valence electrons. The van der Waals surface area contributed by atoms with E-state index in [0.29, 0.717) is 12.3 Å². The van der Waals surface area contributed by atoms with Gasteiger partial charge < -0.3 is 9.84 Å². The van der Waals surface area contributed by atoms with E-state index in [-0.39, 0.29) is 0 Å². The molecule has 1 aliphatic carbocycles. The van der Waals surface area contributed by atoms with Crippen LogP contribution in [0.1, 0.15) is 13.2 Å². The molecule has 3 heterocycles. The highest BCUT2D eigenvalue weighted by Gasteiger charge is 2.98. The van der Waals surface area contributed by atoms with E-state index < -0.39 is 40.6 Å². The average Bonchev–Trinajstić information content (AvgIpc) is 2.69. The molecule has 3 aliphatic rings. The average molecular weight is 304 g/mol. The van der Waals surface area contributed by atoms with Crippen molar-refractivity contribution >= 4 is 12.3 Å². The van der Waals surface area contributed by atoms with E-state index in [1.165, 1.54) is 13.1 Å². The fraction of sp³-hybridized carbons (Fsp3) is 0.600. The van der Waals surface area contributed by atoms with E-state index in [9.17, 15) is 19.1 Å². The Labute approximate surface area is 114 Å². The third kappa shape index (κ3) is 1.06. The first-order valence-electron chi connectivity index (χ1n) is 5.76. The summed E-state index contributed by atoms with van der Waals surface area (Å²) in [5.74, 6) is -2.44. The van der Waals surface area contributed by atoms with Crippen LogP contribution >= 0.6 is 12.3 Å². The van der Waals surface area contributed by atoms with E-state index in [0.717, 1.165) is 10.6 Å². The third-order valence-electron chi connectivity index (χ3n) is 4.13. The molecule has 4 rings (SSSR count). The van der Waals surface area contributed by atoms with Crippen molar-refractivity contribution in [3.63, 3.8) is 0 Å². The maximum absolute atomic E-state index is 14.5. The lowest BCUT2D eigenvalue weighted by Gasteiger charge is -2.30. The molecule has 1 aromatic rings. The van der Waals surface area contributed by atoms with Crippen molar-refractivity contribution in [1.82, 2.24) is 9.55 Å². The minimum absolute atomic E-state index is 0.548. The summed E-state index contributed by atoms with van der Waals surface area (Å²) in [5, 5.41) is 9.75. The van der Waals surface area contributed by atoms with Crippen molar-refractivity contribution in [3.8, 4) is 0 Å². The van der Waals surface area contributed by atoms with Crippen LogP contribution in [0.15, 0.2) is 21.9 Å². The number of nitrogens with zero attached hydrogens (tertiary/aromatic N) is 1. The predicted octanol–water partition coefficient (Wildman–Crippen LogP) is -0.787. The number of hydrogen-bond acceptors (Lipinski definition) is 7. The van der Waals surface area contributed by atoms with Crippen LogP contribution in [0, 0.1) is 0 Å². The van der Waals surface area contributed by atoms with Gasteiger partial charge in [-0.2, -0.15) is 0 Å². The standard InChI is InChI=1S/C10H9FN2O6S/c1-8-6(13-3-2-4(14)12-7(13)16)17-10(11)5(15)9(8,10)19-20-18-8/h2-3,5-6,15H,1H3,(H,12,14,16)/t5?,6-,8+,9+,10-/m1/s1. The third-order valence-corrected chi connectivity index (χ3v) is 4.87. The minimum atomic E-state index is -2.44. The summed E-state index contributed by atoms with van der Waals surface area (Å²) in [6.45, 7) is 1.48. The zero-order chi connectivity index (χ0) is 14.3. The molecule has 0 aromatic carbocycles. The molecule has 1 unspecified atom stereocenters. The van der Waals surface area contributed by atoms with Crippen molar-refractivity contribution in [2.75, 3.05) is 0 Å². The van der Waals surface area contributed by atoms with Gasteiger partial charge in [-0.3, -0.25) is 22.7 Å². The van der Waals surface area contributed by atoms with Gasteiger partial charge in [0.15, 0.2) is 30.3 Å². The highest BCUT2D eigenvalue weighted by Crippen LogP contribution is 2.75. The number of alkyl halides is 1. The van der Waals surface area contributed by atoms with Crippen molar-refractivity contribution in [2.24, 2.45) is 0 Å². The molecule has 0 amide bonds. The topological polar surface area (TPSA) is 103 Å². The highest BCUT2D eigenvalue weighted by atomic mass is 32.2. The predicted molar refractivity (Wildman–Crippen MR) is 62.2 cm³/mol. The molecule has 10 heteroatoms. The van der Waals surface area contributed by atoms with Gasteiger partial charge in [-0.15, -0.1) is 0 Å². The number of nitrogens with one attached hydrogen (secondary N) is 1. The molecule has 8 nitrogen and oxygen atoms in total. The van der Waals surface area contributed by atoms with Gasteiger partial charge in [0, 0.05) is 12.3 Å². The van der Waals surface area contributed by atoms with E-state index >= 15 is 0 Å². The Bertz CT molecular complexity index is 722. The van der Waals surface area contributed by atoms with Gasteiger partial charge in [-0.05, 0) is 6.92 Å². The Morgan fingerprint density at radius 3 is 2.95 bits per heavy atom. The van der Waals surface area contributed by atoms with E-state index in [4.69, 9.17) is 13.1 Å². The summed E-state index contributed by atoms with van der Waals surface area (Å²) < 4.78 is 31.1. The number of aliphatic hydroxyl groups excluding tert-OH is 1. The summed E-state index contributed by atoms with van der Waals surface area (Å²) >= 11 is 0.548. The van der Waals surface area contributed by atoms with Gasteiger partial charge in [-0.25, -0.2) is 9.18 Å². The summed E-state index contributed by atoms with van der Waals surface area (Å²) in [5.41, 5.74) is -4.43. The van der Waals surface area contributed by atoms with Gasteiger partial charge >= 0.3 is 5.69 Å². The maximum atomic E-state index is 14.5. The molecule has 1 spiro atoms. The fourth-order valence-corrected chi connectivity index (χ4v) is 3.81. The van der Waals surface area contributed by atoms with Crippen molar-refractivity contribution in [1.29, 1.82) is 0 Å². The van der Waals surface area contributed by atoms with Crippen LogP contribution in [0.4, 0.5) is 4.39 Å². The molecule has 3 fully saturated rings. The lowest BCUT2D eigenvalue weighted by Crippen LogP contribution is -2.49. The van der Waals surface area contributed by atoms with Gasteiger partial charge in [-0.1, -0.05) is 0 Å². The molecule has 2 aliphatic heterocycles. The highest BCUT2D eigenvalue weighted by molar-refractivity contribution is 7.90. The second-order valence-corrected chi connectivity index (χ2v) is 5.58. The Hall–Kier alpha value is -1.20. The first-order valence-corrected chi connectivity index (χ1v) is 6.43. The number of hydrogen-bond donors (Lipinski definition) is 2. The summed E-state index contributed by atoms with van der Waals surface area (Å²) in [6.07, 6.45) is -1.49. The van der Waals surface area contributed by atoms with Crippen molar-refractivity contribution in [3.05, 3.63) is 33.1 Å². The molecular formula is C10H9FN2O6S. The van der Waals surface area contributed by atoms with Crippen molar-refractivity contribution < 1.29 is 22.6 Å². The second kappa shape index (κ2) is 3.34. The maximum Gasteiger partial charge on any atom is 0.330 e. The monoisotopic (exact) mass is 304 g/mol. The quantitative estimate of drug-likeness (QED) is 0.656. The lowest BCUT2D eigenvalue weighted by atomic mass is 9.95. The molecule has 0 radical (unpaired) electrons. The zero-order valence-electron chi connectivity index (χ0n) is 10.0. The normalized spacial score (nSPS) is 49.0. The number of ether oxygens (including phenoxy) is 1. The molecule has 1 saturated carbocycles. The van der Waals surface area contributed by atoms with Crippen LogP contribution in [0.5, 0.6) is 0 Å². The smallest absolute Gasteiger partial charge is 0.330 e. The lowest BCUT2D eigenvalue weighted by molar-refractivity contribution is -0.167. The first kappa shape index (κ1) is 12.5. The molecule has 0 bridgehead atoms. The largest absolute Gasteiger partial charge is 0.384 e. The van der Waals surface area contributed by atoms with Gasteiger partial charge in [0.2, 0.25) is 5.60 Å². The van der Waals surface area contributed by atoms with Gasteiger partial charge in [0.25, 0.3) is 11.4 Å². The van der Waals surface area contributed by atoms with Crippen LogP contribution in [-0.2, 0) is 13.1 Å². The van der Waals surface area contributed by atoms with Gasteiger partial charge in [0.1, 0.15) is 0 Å². The van der Waals surface area contributed by atoms with Gasteiger partial charge in [0.05, 0.1) is 0 Å². The number of aromatic nitrogens is 2. The Balaban J connectivity index is 1.86. The number of H-pyrrole nitrogens is 1. The number of aliphatic hydroxyl groups is 1. The van der Waals surface area contributed by atoms with Crippen LogP contribution in [0.2, 0.25) is 0 Å². The van der Waals surface area contributed by atoms with Crippen LogP contribution < -0.4 is 11.2 Å². The SMILES string of the molecule is C[C@@]12OSO[C@@]13C(O)[C@@]3(F)O[C@H]2n1ccc(=O)[nH]c1=O. The summed E-state index contributed by atoms with van der Waals surface area (Å²) in [4.78, 5) is 24.9. The Morgan fingerprint density at radius 1 is 1.50 bits per heavy atom. The van der Waals surface area contributed by atoms with E-state index in [1.807, 2.05) is 4.98 Å². The van der Waals surface area contributed by atoms with Crippen LogP contribution in [-0.4, -0.2) is 37.8 Å². The first-order chi connectivity index (χ1) is 9.37. The van der Waals surface area contributed by atoms with Crippen molar-refractivity contribution in [2.45, 2.75) is 36.3 Å². The van der Waals surface area contributed by atoms with Crippen LogP contribution in [0.25, 0.3) is 0 Å². The molecule has 2 N–H and O–H groups in total. The zero-order valence-corrected chi connectivity index (χ0v) is 10.8. The van der Waals surface area contributed by atoms with Crippen LogP contribution in [0.3, 0.4) is 0 Å². The fourth-order valence-electron chi connectivity index (χ4n) is 2.96. The van der Waals surface area contributed by atoms with E-state index in [2.05, 4.69) is 0 Å². The number of rotatable bonds is 1. The Morgan fingerprint density at radius 2 is 2.25 bits per heavy atom. The molecule has 1 aromatic heterocycles. The molecule has 2 saturated heterocycles. The summed E-state index contributed by atoms with van der Waals surface area (Å²) in [6, 6.07) is 1.11. The summed E-state index contributed by atoms with van der Waals surface area (Å²) in [7, 11) is 0. The number of aromatic amines is 1. The minimum Gasteiger partial charge on any atom is -0.384 e. The second-order valence-electron chi connectivity index (χ2n) is 5.11.